The fourth-order valence-corrected chi connectivity index (χ4v) is 4.19. The molecule has 3 aromatic rings. The molecule has 2 amide bonds. The molecule has 0 saturated heterocycles. The van der Waals surface area contributed by atoms with Crippen molar-refractivity contribution in [1.29, 1.82) is 0 Å². The summed E-state index contributed by atoms with van der Waals surface area (Å²) in [5.74, 6) is 0.825. The maximum Gasteiger partial charge on any atom is 0.322 e. The second kappa shape index (κ2) is 14.3. The predicted molar refractivity (Wildman–Crippen MR) is 149 cm³/mol. The lowest BCUT2D eigenvalue weighted by Gasteiger charge is -2.30. The van der Waals surface area contributed by atoms with Crippen LogP contribution in [0.1, 0.15) is 50.3 Å². The Hall–Kier alpha value is -3.31. The molecule has 1 N–H and O–H groups in total. The number of urea groups is 1. The van der Waals surface area contributed by atoms with Crippen LogP contribution in [0.4, 0.5) is 10.5 Å². The molecule has 0 aliphatic carbocycles. The summed E-state index contributed by atoms with van der Waals surface area (Å²) in [5, 5.41) is 3.09. The molecule has 0 radical (unpaired) electrons. The van der Waals surface area contributed by atoms with Crippen LogP contribution in [-0.4, -0.2) is 41.5 Å². The van der Waals surface area contributed by atoms with Crippen LogP contribution in [0.15, 0.2) is 78.9 Å². The van der Waals surface area contributed by atoms with Crippen molar-refractivity contribution in [2.24, 2.45) is 0 Å². The van der Waals surface area contributed by atoms with Gasteiger partial charge in [0.25, 0.3) is 0 Å². The van der Waals surface area contributed by atoms with Crippen molar-refractivity contribution < 1.29 is 9.53 Å². The Kier molecular flexibility index (Phi) is 10.8. The number of hydrogen-bond acceptors (Lipinski definition) is 3. The molecule has 0 spiro atoms. The van der Waals surface area contributed by atoms with Gasteiger partial charge in [0.2, 0.25) is 0 Å². The van der Waals surface area contributed by atoms with Crippen LogP contribution in [0.25, 0.3) is 0 Å². The number of nitrogens with zero attached hydrogens (tertiary/aromatic N) is 2. The molecule has 1 unspecified atom stereocenters. The van der Waals surface area contributed by atoms with Gasteiger partial charge in [-0.2, -0.15) is 0 Å². The Morgan fingerprint density at radius 1 is 0.889 bits per heavy atom. The van der Waals surface area contributed by atoms with Crippen LogP contribution in [0.2, 0.25) is 0 Å². The summed E-state index contributed by atoms with van der Waals surface area (Å²) >= 11 is 0. The van der Waals surface area contributed by atoms with E-state index in [-0.39, 0.29) is 12.1 Å². The van der Waals surface area contributed by atoms with Gasteiger partial charge in [-0.3, -0.25) is 0 Å². The van der Waals surface area contributed by atoms with Gasteiger partial charge in [-0.05, 0) is 81.7 Å². The topological polar surface area (TPSA) is 44.8 Å². The number of anilines is 1. The van der Waals surface area contributed by atoms with Gasteiger partial charge in [-0.25, -0.2) is 4.79 Å². The summed E-state index contributed by atoms with van der Waals surface area (Å²) in [6.45, 7) is 12.8. The van der Waals surface area contributed by atoms with E-state index in [1.54, 1.807) is 0 Å². The van der Waals surface area contributed by atoms with Gasteiger partial charge < -0.3 is 19.9 Å². The van der Waals surface area contributed by atoms with E-state index in [9.17, 15) is 4.79 Å². The van der Waals surface area contributed by atoms with Crippen LogP contribution >= 0.6 is 0 Å². The van der Waals surface area contributed by atoms with E-state index < -0.39 is 0 Å². The highest BCUT2D eigenvalue weighted by Crippen LogP contribution is 2.19. The second-order valence-electron chi connectivity index (χ2n) is 9.36. The van der Waals surface area contributed by atoms with Crippen molar-refractivity contribution in [1.82, 2.24) is 9.80 Å². The lowest BCUT2D eigenvalue weighted by Crippen LogP contribution is -2.41. The Bertz CT molecular complexity index is 1030. The first-order valence-electron chi connectivity index (χ1n) is 13.1. The van der Waals surface area contributed by atoms with E-state index in [2.05, 4.69) is 55.3 Å². The first-order chi connectivity index (χ1) is 17.5. The number of aryl methyl sites for hydroxylation is 1. The molecule has 3 rings (SSSR count). The first kappa shape index (κ1) is 27.3. The lowest BCUT2D eigenvalue weighted by atomic mass is 10.1. The zero-order valence-corrected chi connectivity index (χ0v) is 22.2. The fraction of sp³-hybridized carbons (Fsp3) is 0.387. The predicted octanol–water partition coefficient (Wildman–Crippen LogP) is 7.12. The molecule has 1 atom stereocenters. The van der Waals surface area contributed by atoms with E-state index in [0.29, 0.717) is 13.2 Å². The second-order valence-corrected chi connectivity index (χ2v) is 9.36. The largest absolute Gasteiger partial charge is 0.489 e. The molecule has 0 aromatic heterocycles. The number of nitrogens with one attached hydrogen (secondary N) is 1. The van der Waals surface area contributed by atoms with Gasteiger partial charge in [-0.1, -0.05) is 74.0 Å². The number of benzene rings is 3. The van der Waals surface area contributed by atoms with Crippen LogP contribution < -0.4 is 10.1 Å². The quantitative estimate of drug-likeness (QED) is 0.279. The van der Waals surface area contributed by atoms with Gasteiger partial charge in [0, 0.05) is 18.3 Å². The van der Waals surface area contributed by atoms with Crippen LogP contribution in [0.3, 0.4) is 0 Å². The average Bonchev–Trinajstić information content (AvgIpc) is 2.91. The van der Waals surface area contributed by atoms with Crippen LogP contribution in [-0.2, 0) is 13.2 Å². The third-order valence-corrected chi connectivity index (χ3v) is 6.61. The molecule has 5 heteroatoms. The zero-order chi connectivity index (χ0) is 25.8. The number of carbonyl (C=O) groups is 1. The monoisotopic (exact) mass is 487 g/mol. The van der Waals surface area contributed by atoms with E-state index >= 15 is 0 Å². The number of ether oxygens (including phenoxy) is 1. The standard InChI is InChI=1S/C31H41N3O2/c1-5-33(6-2)22-10-11-26(4)34(31(35)32-29-18-14-25(3)15-19-29)23-27-16-20-30(21-17-27)36-24-28-12-8-7-9-13-28/h7-9,12-21,26H,5-6,10-11,22-24H2,1-4H3,(H,32,35). The molecule has 5 nitrogen and oxygen atoms in total. The Morgan fingerprint density at radius 2 is 1.56 bits per heavy atom. The summed E-state index contributed by atoms with van der Waals surface area (Å²) in [7, 11) is 0. The minimum atomic E-state index is -0.0707. The number of hydrogen-bond donors (Lipinski definition) is 1. The summed E-state index contributed by atoms with van der Waals surface area (Å²) in [6, 6.07) is 26.2. The van der Waals surface area contributed by atoms with Gasteiger partial charge in [0.1, 0.15) is 12.4 Å². The Morgan fingerprint density at radius 3 is 2.19 bits per heavy atom. The van der Waals surface area contributed by atoms with E-state index in [4.69, 9.17) is 4.74 Å². The van der Waals surface area contributed by atoms with Crippen molar-refractivity contribution in [2.45, 2.75) is 59.7 Å². The van der Waals surface area contributed by atoms with E-state index in [1.165, 1.54) is 5.56 Å². The first-order valence-corrected chi connectivity index (χ1v) is 13.1. The third kappa shape index (κ3) is 8.72. The van der Waals surface area contributed by atoms with Crippen LogP contribution in [0, 0.1) is 6.92 Å². The summed E-state index contributed by atoms with van der Waals surface area (Å²) in [6.07, 6.45) is 2.01. The number of amides is 2. The highest BCUT2D eigenvalue weighted by Gasteiger charge is 2.21. The molecule has 36 heavy (non-hydrogen) atoms. The molecule has 0 bridgehead atoms. The minimum Gasteiger partial charge on any atom is -0.489 e. The fourth-order valence-electron chi connectivity index (χ4n) is 4.19. The highest BCUT2D eigenvalue weighted by molar-refractivity contribution is 5.89. The number of carbonyl (C=O) groups excluding carboxylic acids is 1. The van der Waals surface area contributed by atoms with Crippen molar-refractivity contribution >= 4 is 11.7 Å². The normalized spacial score (nSPS) is 11.8. The van der Waals surface area contributed by atoms with E-state index in [0.717, 1.165) is 55.0 Å². The zero-order valence-electron chi connectivity index (χ0n) is 22.2. The smallest absolute Gasteiger partial charge is 0.322 e. The van der Waals surface area contributed by atoms with Crippen molar-refractivity contribution in [2.75, 3.05) is 25.0 Å². The highest BCUT2D eigenvalue weighted by atomic mass is 16.5. The molecule has 0 aliphatic heterocycles. The SMILES string of the molecule is CCN(CC)CCCC(C)N(Cc1ccc(OCc2ccccc2)cc1)C(=O)Nc1ccc(C)cc1. The van der Waals surface area contributed by atoms with E-state index in [1.807, 2.05) is 66.4 Å². The minimum absolute atomic E-state index is 0.0707. The third-order valence-electron chi connectivity index (χ3n) is 6.61. The van der Waals surface area contributed by atoms with Gasteiger partial charge in [-0.15, -0.1) is 0 Å². The van der Waals surface area contributed by atoms with Gasteiger partial charge >= 0.3 is 6.03 Å². The molecular weight excluding hydrogens is 446 g/mol. The molecule has 3 aromatic carbocycles. The summed E-state index contributed by atoms with van der Waals surface area (Å²) < 4.78 is 5.93. The van der Waals surface area contributed by atoms with Crippen LogP contribution in [0.5, 0.6) is 5.75 Å². The molecule has 0 saturated carbocycles. The maximum absolute atomic E-state index is 13.4. The lowest BCUT2D eigenvalue weighted by molar-refractivity contribution is 0.181. The van der Waals surface area contributed by atoms with Crippen molar-refractivity contribution in [3.8, 4) is 5.75 Å². The maximum atomic E-state index is 13.4. The molecule has 0 heterocycles. The summed E-state index contributed by atoms with van der Waals surface area (Å²) in [4.78, 5) is 17.7. The van der Waals surface area contributed by atoms with Gasteiger partial charge in [0.05, 0.1) is 0 Å². The number of rotatable bonds is 13. The Labute approximate surface area is 217 Å². The Balaban J connectivity index is 1.65. The average molecular weight is 488 g/mol. The van der Waals surface area contributed by atoms with Gasteiger partial charge in [0.15, 0.2) is 0 Å². The molecular formula is C31H41N3O2. The molecule has 0 fully saturated rings. The molecule has 192 valence electrons. The summed E-state index contributed by atoms with van der Waals surface area (Å²) in [5.41, 5.74) is 4.20. The van der Waals surface area contributed by atoms with Crippen molar-refractivity contribution in [3.05, 3.63) is 95.6 Å². The van der Waals surface area contributed by atoms with Crippen molar-refractivity contribution in [3.63, 3.8) is 0 Å². The molecule has 0 aliphatic rings.